The molecule has 0 aromatic heterocycles. The van der Waals surface area contributed by atoms with Crippen LogP contribution in [0, 0.1) is 29.6 Å². The van der Waals surface area contributed by atoms with Crippen LogP contribution in [-0.4, -0.2) is 48.6 Å². The summed E-state index contributed by atoms with van der Waals surface area (Å²) in [4.78, 5) is 23.7. The predicted molar refractivity (Wildman–Crippen MR) is 111 cm³/mol. The molecule has 10 atom stereocenters. The molecule has 4 aliphatic rings. The highest BCUT2D eigenvalue weighted by Crippen LogP contribution is 2.57. The van der Waals surface area contributed by atoms with Crippen molar-refractivity contribution < 1.29 is 28.5 Å². The van der Waals surface area contributed by atoms with E-state index in [0.717, 1.165) is 18.4 Å². The number of esters is 2. The molecule has 1 aliphatic carbocycles. The number of hydrogen-bond donors (Lipinski definition) is 0. The van der Waals surface area contributed by atoms with Crippen LogP contribution < -0.4 is 0 Å². The fourth-order valence-electron chi connectivity index (χ4n) is 6.59. The summed E-state index contributed by atoms with van der Waals surface area (Å²) < 4.78 is 24.8. The molecule has 4 rings (SSSR count). The van der Waals surface area contributed by atoms with E-state index < -0.39 is 5.60 Å². The Balaban J connectivity index is 1.80. The van der Waals surface area contributed by atoms with Gasteiger partial charge < -0.3 is 18.9 Å². The lowest BCUT2D eigenvalue weighted by Gasteiger charge is -2.46. The highest BCUT2D eigenvalue weighted by molar-refractivity contribution is 5.66. The standard InChI is InChI=1S/C24H36O6/c1-12-10-19-21-20-17(9-13(2)22(21)29-16(5)26)14(3)11-27-24(6,23(20)30-19)8-7-18(12)28-15(4)25/h10,13-14,17-23H,7-9,11H2,1-6H3. The first-order valence-corrected chi connectivity index (χ1v) is 11.4. The molecule has 0 spiro atoms. The molecule has 168 valence electrons. The molecule has 0 amide bonds. The van der Waals surface area contributed by atoms with Gasteiger partial charge in [0.25, 0.3) is 0 Å². The van der Waals surface area contributed by atoms with Crippen LogP contribution in [0.1, 0.15) is 60.8 Å². The average molecular weight is 421 g/mol. The maximum absolute atomic E-state index is 12.0. The number of hydrogen-bond acceptors (Lipinski definition) is 6. The predicted octanol–water partition coefficient (Wildman–Crippen LogP) is 3.67. The molecule has 10 unspecified atom stereocenters. The van der Waals surface area contributed by atoms with Crippen LogP contribution in [-0.2, 0) is 28.5 Å². The fraction of sp³-hybridized carbons (Fsp3) is 0.833. The molecule has 30 heavy (non-hydrogen) atoms. The summed E-state index contributed by atoms with van der Waals surface area (Å²) in [6.07, 6.45) is 3.90. The van der Waals surface area contributed by atoms with Crippen LogP contribution in [0.2, 0.25) is 0 Å². The molecule has 6 nitrogen and oxygen atoms in total. The zero-order valence-corrected chi connectivity index (χ0v) is 19.1. The molecule has 0 radical (unpaired) electrons. The Morgan fingerprint density at radius 2 is 1.80 bits per heavy atom. The van der Waals surface area contributed by atoms with Gasteiger partial charge in [-0.1, -0.05) is 19.9 Å². The Bertz CT molecular complexity index is 731. The van der Waals surface area contributed by atoms with E-state index in [1.807, 2.05) is 6.92 Å². The van der Waals surface area contributed by atoms with Crippen LogP contribution in [0.5, 0.6) is 0 Å². The third kappa shape index (κ3) is 3.70. The number of rotatable bonds is 2. The Morgan fingerprint density at radius 3 is 2.47 bits per heavy atom. The number of fused-ring (bicyclic) bond motifs is 2. The quantitative estimate of drug-likeness (QED) is 0.501. The Morgan fingerprint density at radius 1 is 1.10 bits per heavy atom. The normalized spacial score (nSPS) is 47.8. The summed E-state index contributed by atoms with van der Waals surface area (Å²) in [5.74, 6) is 1.01. The van der Waals surface area contributed by atoms with Crippen molar-refractivity contribution in [3.05, 3.63) is 11.6 Å². The van der Waals surface area contributed by atoms with Crippen molar-refractivity contribution in [3.8, 4) is 0 Å². The van der Waals surface area contributed by atoms with Gasteiger partial charge >= 0.3 is 11.9 Å². The zero-order chi connectivity index (χ0) is 21.8. The van der Waals surface area contributed by atoms with E-state index >= 15 is 0 Å². The smallest absolute Gasteiger partial charge is 0.303 e. The minimum Gasteiger partial charge on any atom is -0.462 e. The SMILES string of the molecule is CC(=O)OC1CCC2(C)OCC(C)C3CC(C)C(OC(C)=O)C4C(C=C1C)OC2C34. The minimum atomic E-state index is -0.459. The molecular formula is C24H36O6. The molecule has 0 aromatic carbocycles. The van der Waals surface area contributed by atoms with Crippen LogP contribution in [0.3, 0.4) is 0 Å². The van der Waals surface area contributed by atoms with E-state index in [0.29, 0.717) is 24.9 Å². The summed E-state index contributed by atoms with van der Waals surface area (Å²) in [6, 6.07) is 0. The average Bonchev–Trinajstić information content (AvgIpc) is 3.01. The Hall–Kier alpha value is -1.40. The van der Waals surface area contributed by atoms with Crippen molar-refractivity contribution >= 4 is 11.9 Å². The molecule has 0 N–H and O–H groups in total. The number of ether oxygens (including phenoxy) is 4. The summed E-state index contributed by atoms with van der Waals surface area (Å²) in [5.41, 5.74) is 0.543. The lowest BCUT2D eigenvalue weighted by molar-refractivity contribution is -0.159. The van der Waals surface area contributed by atoms with Crippen molar-refractivity contribution in [3.63, 3.8) is 0 Å². The second-order valence-corrected chi connectivity index (χ2v) is 10.3. The second-order valence-electron chi connectivity index (χ2n) is 10.3. The van der Waals surface area contributed by atoms with Gasteiger partial charge in [-0.2, -0.15) is 0 Å². The third-order valence-electron chi connectivity index (χ3n) is 8.01. The molecule has 3 aliphatic heterocycles. The highest BCUT2D eigenvalue weighted by atomic mass is 16.6. The minimum absolute atomic E-state index is 0.0619. The van der Waals surface area contributed by atoms with Crippen LogP contribution in [0.4, 0.5) is 0 Å². The van der Waals surface area contributed by atoms with Gasteiger partial charge in [0.15, 0.2) is 0 Å². The van der Waals surface area contributed by atoms with E-state index in [1.165, 1.54) is 13.8 Å². The summed E-state index contributed by atoms with van der Waals surface area (Å²) >= 11 is 0. The summed E-state index contributed by atoms with van der Waals surface area (Å²) in [5, 5.41) is 0. The van der Waals surface area contributed by atoms with Crippen molar-refractivity contribution in [1.82, 2.24) is 0 Å². The van der Waals surface area contributed by atoms with E-state index in [4.69, 9.17) is 18.9 Å². The van der Waals surface area contributed by atoms with Crippen LogP contribution in [0.15, 0.2) is 11.6 Å². The van der Waals surface area contributed by atoms with Crippen molar-refractivity contribution in [2.45, 2.75) is 90.8 Å². The maximum Gasteiger partial charge on any atom is 0.303 e. The van der Waals surface area contributed by atoms with Crippen LogP contribution in [0.25, 0.3) is 0 Å². The van der Waals surface area contributed by atoms with Gasteiger partial charge in [-0.15, -0.1) is 0 Å². The van der Waals surface area contributed by atoms with Gasteiger partial charge in [0, 0.05) is 25.7 Å². The molecule has 2 saturated heterocycles. The molecule has 3 heterocycles. The van der Waals surface area contributed by atoms with Gasteiger partial charge in [-0.3, -0.25) is 9.59 Å². The van der Waals surface area contributed by atoms with Crippen LogP contribution >= 0.6 is 0 Å². The van der Waals surface area contributed by atoms with E-state index in [1.54, 1.807) is 0 Å². The van der Waals surface area contributed by atoms with Gasteiger partial charge in [0.1, 0.15) is 12.2 Å². The monoisotopic (exact) mass is 420 g/mol. The van der Waals surface area contributed by atoms with E-state index in [9.17, 15) is 9.59 Å². The first-order valence-electron chi connectivity index (χ1n) is 11.4. The highest BCUT2D eigenvalue weighted by Gasteiger charge is 2.62. The summed E-state index contributed by atoms with van der Waals surface area (Å²) in [6.45, 7) is 12.3. The first-order chi connectivity index (χ1) is 14.1. The van der Waals surface area contributed by atoms with Gasteiger partial charge in [0.2, 0.25) is 0 Å². The molecule has 1 saturated carbocycles. The van der Waals surface area contributed by atoms with Gasteiger partial charge in [-0.25, -0.2) is 0 Å². The van der Waals surface area contributed by atoms with Crippen molar-refractivity contribution in [1.29, 1.82) is 0 Å². The maximum atomic E-state index is 12.0. The molecule has 2 bridgehead atoms. The number of carbonyl (C=O) groups is 2. The summed E-state index contributed by atoms with van der Waals surface area (Å²) in [7, 11) is 0. The molecular weight excluding hydrogens is 384 g/mol. The Kier molecular flexibility index (Phi) is 5.77. The van der Waals surface area contributed by atoms with Crippen molar-refractivity contribution in [2.24, 2.45) is 29.6 Å². The molecule has 6 heteroatoms. The van der Waals surface area contributed by atoms with E-state index in [2.05, 4.69) is 26.8 Å². The largest absolute Gasteiger partial charge is 0.462 e. The van der Waals surface area contributed by atoms with Gasteiger partial charge in [0.05, 0.1) is 24.4 Å². The lowest BCUT2D eigenvalue weighted by Crippen LogP contribution is -2.52. The fourth-order valence-corrected chi connectivity index (χ4v) is 6.59. The van der Waals surface area contributed by atoms with Crippen molar-refractivity contribution in [2.75, 3.05) is 6.61 Å². The first kappa shape index (κ1) is 21.8. The molecule has 3 fully saturated rings. The van der Waals surface area contributed by atoms with E-state index in [-0.39, 0.29) is 54.1 Å². The number of carbonyl (C=O) groups excluding carboxylic acids is 2. The molecule has 0 aromatic rings. The topological polar surface area (TPSA) is 71.1 Å². The second kappa shape index (κ2) is 7.94. The Labute approximate surface area is 179 Å². The van der Waals surface area contributed by atoms with Gasteiger partial charge in [-0.05, 0) is 56.4 Å². The lowest BCUT2D eigenvalue weighted by atomic mass is 9.59. The third-order valence-corrected chi connectivity index (χ3v) is 8.01. The zero-order valence-electron chi connectivity index (χ0n) is 19.1.